The highest BCUT2D eigenvalue weighted by Gasteiger charge is 2.02. The van der Waals surface area contributed by atoms with E-state index in [0.29, 0.717) is 17.5 Å². The second kappa shape index (κ2) is 7.00. The summed E-state index contributed by atoms with van der Waals surface area (Å²) < 4.78 is 14.8. The third kappa shape index (κ3) is 4.31. The Hall–Kier alpha value is -1.95. The van der Waals surface area contributed by atoms with E-state index < -0.39 is 0 Å². The maximum atomic E-state index is 13.1. The van der Waals surface area contributed by atoms with Crippen molar-refractivity contribution in [2.45, 2.75) is 19.9 Å². The Morgan fingerprint density at radius 1 is 1.40 bits per heavy atom. The minimum atomic E-state index is -0.238. The summed E-state index contributed by atoms with van der Waals surface area (Å²) in [5.41, 5.74) is 0.867. The summed E-state index contributed by atoms with van der Waals surface area (Å²) in [4.78, 5) is 0. The quantitative estimate of drug-likeness (QED) is 0.832. The van der Waals surface area contributed by atoms with Crippen LogP contribution in [0.15, 0.2) is 36.5 Å². The van der Waals surface area contributed by atoms with Gasteiger partial charge in [0.25, 0.3) is 0 Å². The highest BCUT2D eigenvalue weighted by atomic mass is 32.1. The summed E-state index contributed by atoms with van der Waals surface area (Å²) in [5, 5.41) is 11.0. The molecule has 106 valence electrons. The van der Waals surface area contributed by atoms with Crippen molar-refractivity contribution in [1.29, 1.82) is 0 Å². The number of nitrogens with zero attached hydrogens (tertiary/aromatic N) is 2. The minimum absolute atomic E-state index is 0.238. The molecule has 1 aromatic carbocycles. The molecular formula is C14H17FN4S. The molecule has 0 atom stereocenters. The van der Waals surface area contributed by atoms with Gasteiger partial charge in [0.1, 0.15) is 5.82 Å². The normalized spacial score (nSPS) is 10.3. The van der Waals surface area contributed by atoms with Gasteiger partial charge >= 0.3 is 0 Å². The van der Waals surface area contributed by atoms with Crippen molar-refractivity contribution in [2.24, 2.45) is 0 Å². The number of halogens is 1. The van der Waals surface area contributed by atoms with Crippen LogP contribution < -0.4 is 10.6 Å². The first-order valence-corrected chi connectivity index (χ1v) is 6.91. The third-order valence-electron chi connectivity index (χ3n) is 2.65. The van der Waals surface area contributed by atoms with Crippen LogP contribution in [0.4, 0.5) is 10.2 Å². The molecule has 4 nitrogen and oxygen atoms in total. The van der Waals surface area contributed by atoms with Gasteiger partial charge in [-0.3, -0.25) is 4.68 Å². The number of thiocarbonyl (C=S) groups is 1. The summed E-state index contributed by atoms with van der Waals surface area (Å²) in [7, 11) is 0. The lowest BCUT2D eigenvalue weighted by Crippen LogP contribution is -2.29. The third-order valence-corrected chi connectivity index (χ3v) is 2.90. The molecule has 0 saturated heterocycles. The Balaban J connectivity index is 1.93. The predicted molar refractivity (Wildman–Crippen MR) is 82.2 cm³/mol. The number of nitrogens with one attached hydrogen (secondary N) is 2. The van der Waals surface area contributed by atoms with E-state index in [9.17, 15) is 4.39 Å². The van der Waals surface area contributed by atoms with E-state index in [1.54, 1.807) is 10.7 Å². The fourth-order valence-electron chi connectivity index (χ4n) is 1.74. The first-order chi connectivity index (χ1) is 9.67. The lowest BCUT2D eigenvalue weighted by molar-refractivity contribution is 0.619. The van der Waals surface area contributed by atoms with Crippen LogP contribution in [0.1, 0.15) is 18.9 Å². The van der Waals surface area contributed by atoms with E-state index in [4.69, 9.17) is 12.2 Å². The molecule has 2 rings (SSSR count). The minimum Gasteiger partial charge on any atom is -0.362 e. The van der Waals surface area contributed by atoms with Gasteiger partial charge in [0.05, 0.1) is 6.54 Å². The summed E-state index contributed by atoms with van der Waals surface area (Å²) in [6.07, 6.45) is 2.84. The van der Waals surface area contributed by atoms with E-state index in [1.807, 2.05) is 18.3 Å². The molecule has 6 heteroatoms. The van der Waals surface area contributed by atoms with Gasteiger partial charge in [0.15, 0.2) is 10.9 Å². The van der Waals surface area contributed by atoms with Crippen molar-refractivity contribution >= 4 is 23.1 Å². The number of anilines is 1. The van der Waals surface area contributed by atoms with Crippen molar-refractivity contribution in [1.82, 2.24) is 15.1 Å². The Morgan fingerprint density at radius 3 is 3.00 bits per heavy atom. The Morgan fingerprint density at radius 2 is 2.25 bits per heavy atom. The van der Waals surface area contributed by atoms with Crippen LogP contribution in [0.3, 0.4) is 0 Å². The van der Waals surface area contributed by atoms with Gasteiger partial charge < -0.3 is 10.6 Å². The van der Waals surface area contributed by atoms with E-state index >= 15 is 0 Å². The highest BCUT2D eigenvalue weighted by molar-refractivity contribution is 7.80. The van der Waals surface area contributed by atoms with Crippen LogP contribution in [0, 0.1) is 5.82 Å². The molecule has 0 radical (unpaired) electrons. The zero-order valence-corrected chi connectivity index (χ0v) is 12.1. The van der Waals surface area contributed by atoms with Crippen molar-refractivity contribution in [3.8, 4) is 0 Å². The molecular weight excluding hydrogens is 275 g/mol. The Labute approximate surface area is 123 Å². The van der Waals surface area contributed by atoms with Gasteiger partial charge in [-0.2, -0.15) is 5.10 Å². The monoisotopic (exact) mass is 292 g/mol. The van der Waals surface area contributed by atoms with E-state index in [0.717, 1.165) is 18.5 Å². The number of benzene rings is 1. The summed E-state index contributed by atoms with van der Waals surface area (Å²) in [6.45, 7) is 3.42. The molecule has 0 unspecified atom stereocenters. The van der Waals surface area contributed by atoms with E-state index in [2.05, 4.69) is 22.7 Å². The van der Waals surface area contributed by atoms with Gasteiger partial charge in [0, 0.05) is 18.8 Å². The van der Waals surface area contributed by atoms with Crippen molar-refractivity contribution in [3.63, 3.8) is 0 Å². The summed E-state index contributed by atoms with van der Waals surface area (Å²) in [6, 6.07) is 8.32. The fraction of sp³-hybridized carbons (Fsp3) is 0.286. The molecule has 0 spiro atoms. The van der Waals surface area contributed by atoms with Gasteiger partial charge in [-0.05, 0) is 36.3 Å². The van der Waals surface area contributed by atoms with Crippen LogP contribution in [0.5, 0.6) is 0 Å². The van der Waals surface area contributed by atoms with Gasteiger partial charge in [0.2, 0.25) is 0 Å². The molecule has 0 saturated carbocycles. The number of hydrogen-bond acceptors (Lipinski definition) is 2. The second-order valence-electron chi connectivity index (χ2n) is 4.41. The molecule has 2 N–H and O–H groups in total. The molecule has 1 aromatic heterocycles. The van der Waals surface area contributed by atoms with Gasteiger partial charge in [-0.1, -0.05) is 19.1 Å². The first-order valence-electron chi connectivity index (χ1n) is 6.50. The number of hydrogen-bond donors (Lipinski definition) is 2. The number of aromatic nitrogens is 2. The SMILES string of the molecule is CCCNC(=S)Nc1ccn(Cc2cccc(F)c2)n1. The van der Waals surface area contributed by atoms with E-state index in [1.165, 1.54) is 12.1 Å². The molecule has 2 aromatic rings. The lowest BCUT2D eigenvalue weighted by Gasteiger charge is -2.07. The first kappa shape index (κ1) is 14.5. The molecule has 1 heterocycles. The van der Waals surface area contributed by atoms with Crippen LogP contribution >= 0.6 is 12.2 Å². The summed E-state index contributed by atoms with van der Waals surface area (Å²) >= 11 is 5.14. The van der Waals surface area contributed by atoms with Crippen molar-refractivity contribution in [3.05, 3.63) is 47.9 Å². The van der Waals surface area contributed by atoms with E-state index in [-0.39, 0.29) is 5.82 Å². The largest absolute Gasteiger partial charge is 0.362 e. The smallest absolute Gasteiger partial charge is 0.171 e. The van der Waals surface area contributed by atoms with Gasteiger partial charge in [-0.25, -0.2) is 4.39 Å². The van der Waals surface area contributed by atoms with Gasteiger partial charge in [-0.15, -0.1) is 0 Å². The molecule has 0 aliphatic rings. The second-order valence-corrected chi connectivity index (χ2v) is 4.82. The molecule has 0 aliphatic heterocycles. The lowest BCUT2D eigenvalue weighted by atomic mass is 10.2. The van der Waals surface area contributed by atoms with Crippen molar-refractivity contribution in [2.75, 3.05) is 11.9 Å². The average Bonchev–Trinajstić information content (AvgIpc) is 2.83. The zero-order chi connectivity index (χ0) is 14.4. The molecule has 0 amide bonds. The molecule has 20 heavy (non-hydrogen) atoms. The maximum absolute atomic E-state index is 13.1. The Bertz CT molecular complexity index is 582. The fourth-order valence-corrected chi connectivity index (χ4v) is 1.94. The van der Waals surface area contributed by atoms with Crippen LogP contribution in [0.2, 0.25) is 0 Å². The van der Waals surface area contributed by atoms with Crippen LogP contribution in [-0.4, -0.2) is 21.4 Å². The van der Waals surface area contributed by atoms with Crippen molar-refractivity contribution < 1.29 is 4.39 Å². The topological polar surface area (TPSA) is 41.9 Å². The molecule has 0 aliphatic carbocycles. The molecule has 0 bridgehead atoms. The zero-order valence-electron chi connectivity index (χ0n) is 11.3. The average molecular weight is 292 g/mol. The number of rotatable bonds is 5. The Kier molecular flexibility index (Phi) is 5.06. The maximum Gasteiger partial charge on any atom is 0.171 e. The highest BCUT2D eigenvalue weighted by Crippen LogP contribution is 2.08. The predicted octanol–water partition coefficient (Wildman–Crippen LogP) is 2.77. The molecule has 0 fully saturated rings. The van der Waals surface area contributed by atoms with Crippen LogP contribution in [-0.2, 0) is 6.54 Å². The summed E-state index contributed by atoms with van der Waals surface area (Å²) in [5.74, 6) is 0.438. The van der Waals surface area contributed by atoms with Crippen LogP contribution in [0.25, 0.3) is 0 Å². The standard InChI is InChI=1S/C14H17FN4S/c1-2-7-16-14(20)17-13-6-8-19(18-13)10-11-4-3-5-12(15)9-11/h3-6,8-9H,2,7,10H2,1H3,(H2,16,17,18,20).